The van der Waals surface area contributed by atoms with Crippen molar-refractivity contribution in [3.05, 3.63) is 21.8 Å². The molecule has 1 saturated carbocycles. The normalized spacial score (nSPS) is 14.3. The van der Waals surface area contributed by atoms with Gasteiger partial charge in [-0.2, -0.15) is 0 Å². The van der Waals surface area contributed by atoms with Gasteiger partial charge in [-0.15, -0.1) is 0 Å². The lowest BCUT2D eigenvalue weighted by Crippen LogP contribution is -2.14. The van der Waals surface area contributed by atoms with Gasteiger partial charge in [0.1, 0.15) is 16.3 Å². The number of hydrogen-bond acceptors (Lipinski definition) is 4. The number of aromatic nitrogens is 1. The van der Waals surface area contributed by atoms with E-state index in [-0.39, 0.29) is 34.2 Å². The van der Waals surface area contributed by atoms with Crippen LogP contribution in [0.4, 0.5) is 0 Å². The van der Waals surface area contributed by atoms with Crippen LogP contribution in [0.2, 0.25) is 0 Å². The van der Waals surface area contributed by atoms with E-state index < -0.39 is 5.97 Å². The average molecular weight is 379 g/mol. The lowest BCUT2D eigenvalue weighted by Gasteiger charge is -2.11. The summed E-state index contributed by atoms with van der Waals surface area (Å²) >= 11 is 6.18. The number of pyridine rings is 1. The van der Waals surface area contributed by atoms with E-state index in [2.05, 4.69) is 36.8 Å². The van der Waals surface area contributed by atoms with Gasteiger partial charge < -0.3 is 9.84 Å². The Morgan fingerprint density at radius 3 is 2.67 bits per heavy atom. The third kappa shape index (κ3) is 2.89. The highest BCUT2D eigenvalue weighted by Crippen LogP contribution is 2.31. The maximum absolute atomic E-state index is 11.7. The molecule has 2 rings (SSSR count). The zero-order chi connectivity index (χ0) is 13.3. The third-order valence-corrected chi connectivity index (χ3v) is 3.31. The second kappa shape index (κ2) is 5.36. The quantitative estimate of drug-likeness (QED) is 0.484. The van der Waals surface area contributed by atoms with Gasteiger partial charge in [0, 0.05) is 5.56 Å². The Morgan fingerprint density at radius 1 is 1.50 bits per heavy atom. The fourth-order valence-electron chi connectivity index (χ4n) is 1.42. The van der Waals surface area contributed by atoms with Crippen LogP contribution in [-0.2, 0) is 0 Å². The molecule has 1 aromatic heterocycles. The van der Waals surface area contributed by atoms with E-state index in [1.807, 2.05) is 0 Å². The van der Waals surface area contributed by atoms with Crippen molar-refractivity contribution in [2.45, 2.75) is 18.9 Å². The van der Waals surface area contributed by atoms with Gasteiger partial charge in [0.05, 0.1) is 5.33 Å². The van der Waals surface area contributed by atoms with Crippen molar-refractivity contribution >= 4 is 43.6 Å². The molecule has 0 bridgehead atoms. The van der Waals surface area contributed by atoms with Crippen LogP contribution >= 0.6 is 31.9 Å². The molecule has 1 N–H and O–H groups in total. The first-order chi connectivity index (χ1) is 8.52. The van der Waals surface area contributed by atoms with Crippen LogP contribution in [0.15, 0.2) is 10.7 Å². The van der Waals surface area contributed by atoms with Crippen LogP contribution in [0.1, 0.15) is 33.6 Å². The topological polar surface area (TPSA) is 76.5 Å². The smallest absolute Gasteiger partial charge is 0.341 e. The van der Waals surface area contributed by atoms with Crippen molar-refractivity contribution in [1.29, 1.82) is 0 Å². The number of rotatable bonds is 5. The number of ether oxygens (including phenoxy) is 1. The largest absolute Gasteiger partial charge is 0.477 e. The van der Waals surface area contributed by atoms with Crippen LogP contribution in [0, 0.1) is 0 Å². The van der Waals surface area contributed by atoms with Crippen LogP contribution in [-0.4, -0.2) is 33.3 Å². The highest BCUT2D eigenvalue weighted by Gasteiger charge is 2.29. The fraction of sp³-hybridized carbons (Fsp3) is 0.364. The summed E-state index contributed by atoms with van der Waals surface area (Å²) in [5.74, 6) is -1.53. The Balaban J connectivity index is 2.52. The number of carbonyl (C=O) groups excluding carboxylic acids is 1. The number of carboxylic acids is 1. The predicted molar refractivity (Wildman–Crippen MR) is 70.7 cm³/mol. The standard InChI is InChI=1S/C11H9Br2NO4/c12-4-7(15)6-3-8(13)14-10(9(6)11(16)17)18-5-1-2-5/h3,5H,1-2,4H2,(H,16,17). The molecule has 0 saturated heterocycles. The monoisotopic (exact) mass is 377 g/mol. The van der Waals surface area contributed by atoms with Gasteiger partial charge in [0.25, 0.3) is 0 Å². The first kappa shape index (κ1) is 13.5. The van der Waals surface area contributed by atoms with Crippen LogP contribution < -0.4 is 4.74 Å². The van der Waals surface area contributed by atoms with E-state index in [1.54, 1.807) is 0 Å². The van der Waals surface area contributed by atoms with E-state index in [4.69, 9.17) is 4.74 Å². The Morgan fingerprint density at radius 2 is 2.17 bits per heavy atom. The van der Waals surface area contributed by atoms with Crippen molar-refractivity contribution in [1.82, 2.24) is 4.98 Å². The van der Waals surface area contributed by atoms with Crippen molar-refractivity contribution in [3.63, 3.8) is 0 Å². The predicted octanol–water partition coefficient (Wildman–Crippen LogP) is 2.66. The Hall–Kier alpha value is -0.950. The number of nitrogens with zero attached hydrogens (tertiary/aromatic N) is 1. The number of hydrogen-bond donors (Lipinski definition) is 1. The summed E-state index contributed by atoms with van der Waals surface area (Å²) in [6, 6.07) is 1.40. The van der Waals surface area contributed by atoms with Crippen LogP contribution in [0.3, 0.4) is 0 Å². The van der Waals surface area contributed by atoms with Crippen molar-refractivity contribution < 1.29 is 19.4 Å². The molecule has 1 heterocycles. The molecule has 0 radical (unpaired) electrons. The van der Waals surface area contributed by atoms with Crippen LogP contribution in [0.5, 0.6) is 5.88 Å². The molecular formula is C11H9Br2NO4. The SMILES string of the molecule is O=C(CBr)c1cc(Br)nc(OC2CC2)c1C(=O)O. The molecule has 18 heavy (non-hydrogen) atoms. The molecule has 1 aromatic rings. The van der Waals surface area contributed by atoms with Gasteiger partial charge in [-0.3, -0.25) is 4.79 Å². The molecule has 0 atom stereocenters. The van der Waals surface area contributed by atoms with E-state index in [0.29, 0.717) is 4.60 Å². The lowest BCUT2D eigenvalue weighted by atomic mass is 10.1. The second-order valence-corrected chi connectivity index (χ2v) is 5.23. The summed E-state index contributed by atoms with van der Waals surface area (Å²) in [5, 5.41) is 9.26. The van der Waals surface area contributed by atoms with Crippen molar-refractivity contribution in [2.75, 3.05) is 5.33 Å². The van der Waals surface area contributed by atoms with Gasteiger partial charge >= 0.3 is 5.97 Å². The minimum Gasteiger partial charge on any atom is -0.477 e. The van der Waals surface area contributed by atoms with Gasteiger partial charge in [-0.25, -0.2) is 9.78 Å². The first-order valence-electron chi connectivity index (χ1n) is 5.22. The second-order valence-electron chi connectivity index (χ2n) is 3.85. The maximum Gasteiger partial charge on any atom is 0.341 e. The molecule has 0 aromatic carbocycles. The number of carboxylic acid groups (broad SMARTS) is 1. The number of halogens is 2. The molecule has 96 valence electrons. The minimum absolute atomic E-state index is 0.00340. The Labute approximate surface area is 120 Å². The molecule has 5 nitrogen and oxygen atoms in total. The summed E-state index contributed by atoms with van der Waals surface area (Å²) < 4.78 is 5.83. The summed E-state index contributed by atoms with van der Waals surface area (Å²) in [6.07, 6.45) is 1.78. The molecule has 1 fully saturated rings. The first-order valence-corrected chi connectivity index (χ1v) is 7.14. The van der Waals surface area contributed by atoms with E-state index >= 15 is 0 Å². The van der Waals surface area contributed by atoms with Gasteiger partial charge in [0.2, 0.25) is 5.88 Å². The van der Waals surface area contributed by atoms with Crippen LogP contribution in [0.25, 0.3) is 0 Å². The summed E-state index contributed by atoms with van der Waals surface area (Å²) in [6.45, 7) is 0. The third-order valence-electron chi connectivity index (χ3n) is 2.39. The van der Waals surface area contributed by atoms with Gasteiger partial charge in [0.15, 0.2) is 5.78 Å². The number of aromatic carboxylic acids is 1. The fourth-order valence-corrected chi connectivity index (χ4v) is 2.11. The molecule has 0 amide bonds. The van der Waals surface area contributed by atoms with Gasteiger partial charge in [-0.05, 0) is 34.8 Å². The molecule has 0 unspecified atom stereocenters. The van der Waals surface area contributed by atoms with E-state index in [0.717, 1.165) is 12.8 Å². The van der Waals surface area contributed by atoms with Gasteiger partial charge in [-0.1, -0.05) is 15.9 Å². The lowest BCUT2D eigenvalue weighted by molar-refractivity contribution is 0.0686. The molecular weight excluding hydrogens is 370 g/mol. The number of carbonyl (C=O) groups is 2. The molecule has 1 aliphatic rings. The van der Waals surface area contributed by atoms with E-state index in [9.17, 15) is 14.7 Å². The van der Waals surface area contributed by atoms with Crippen molar-refractivity contribution in [3.8, 4) is 5.88 Å². The molecule has 7 heteroatoms. The zero-order valence-corrected chi connectivity index (χ0v) is 12.3. The summed E-state index contributed by atoms with van der Waals surface area (Å²) in [4.78, 5) is 27.0. The maximum atomic E-state index is 11.7. The van der Waals surface area contributed by atoms with E-state index in [1.165, 1.54) is 6.07 Å². The molecule has 1 aliphatic carbocycles. The molecule has 0 aliphatic heterocycles. The number of ketones is 1. The highest BCUT2D eigenvalue weighted by atomic mass is 79.9. The van der Waals surface area contributed by atoms with Crippen molar-refractivity contribution in [2.24, 2.45) is 0 Å². The minimum atomic E-state index is -1.21. The zero-order valence-electron chi connectivity index (χ0n) is 9.15. The molecule has 0 spiro atoms. The summed E-state index contributed by atoms with van der Waals surface area (Å²) in [5.41, 5.74) is -0.0774. The average Bonchev–Trinajstić information content (AvgIpc) is 3.10. The Bertz CT molecular complexity index is 514. The summed E-state index contributed by atoms with van der Waals surface area (Å²) in [7, 11) is 0. The highest BCUT2D eigenvalue weighted by molar-refractivity contribution is 9.10. The Kier molecular flexibility index (Phi) is 4.01. The number of Topliss-reactive ketones (excluding diaryl/α,β-unsaturated/α-hetero) is 1. The number of alkyl halides is 1.